The number of fused-ring (bicyclic) bond motifs is 6. The van der Waals surface area contributed by atoms with E-state index in [-0.39, 0.29) is 23.4 Å². The number of nitrogens with two attached hydrogens (primary N) is 1. The summed E-state index contributed by atoms with van der Waals surface area (Å²) >= 11 is 6.78. The summed E-state index contributed by atoms with van der Waals surface area (Å²) in [6, 6.07) is 10.9. The number of anilines is 2. The molecule has 0 spiro atoms. The molecule has 55 heavy (non-hydrogen) atoms. The normalized spacial score (nSPS) is 27.7. The summed E-state index contributed by atoms with van der Waals surface area (Å²) in [5.41, 5.74) is 8.03. The zero-order chi connectivity index (χ0) is 39.8. The number of halogens is 1. The van der Waals surface area contributed by atoms with Gasteiger partial charge in [-0.2, -0.15) is 0 Å². The number of allylic oxidation sites excluding steroid dienone is 3. The molecule has 0 saturated carbocycles. The Hall–Kier alpha value is -5.14. The van der Waals surface area contributed by atoms with Crippen LogP contribution in [0, 0.1) is 5.92 Å². The molecule has 2 fully saturated rings. The Labute approximate surface area is 325 Å². The van der Waals surface area contributed by atoms with Gasteiger partial charge in [0.15, 0.2) is 0 Å². The van der Waals surface area contributed by atoms with E-state index in [0.29, 0.717) is 47.6 Å². The monoisotopic (exact) mass is 773 g/mol. The molecule has 1 aromatic heterocycles. The molecule has 4 heterocycles. The lowest BCUT2D eigenvalue weighted by Gasteiger charge is -2.33. The van der Waals surface area contributed by atoms with Crippen molar-refractivity contribution < 1.29 is 38.1 Å². The fourth-order valence-electron chi connectivity index (χ4n) is 7.36. The highest BCUT2D eigenvalue weighted by Gasteiger charge is 2.63. The van der Waals surface area contributed by atoms with Crippen LogP contribution >= 0.6 is 11.6 Å². The Morgan fingerprint density at radius 3 is 2.69 bits per heavy atom. The Bertz CT molecular complexity index is 2070. The number of alkyl carbamates (subject to hydrolysis) is 1. The van der Waals surface area contributed by atoms with Gasteiger partial charge in [0.1, 0.15) is 40.4 Å². The second kappa shape index (κ2) is 15.9. The van der Waals surface area contributed by atoms with Gasteiger partial charge in [-0.3, -0.25) is 9.59 Å². The quantitative estimate of drug-likeness (QED) is 0.232. The molecule has 2 aromatic carbocycles. The van der Waals surface area contributed by atoms with Crippen molar-refractivity contribution in [1.29, 1.82) is 0 Å². The van der Waals surface area contributed by atoms with Crippen molar-refractivity contribution in [3.63, 3.8) is 0 Å². The third-order valence-corrected chi connectivity index (χ3v) is 11.3. The van der Waals surface area contributed by atoms with Gasteiger partial charge in [0.2, 0.25) is 5.91 Å². The van der Waals surface area contributed by atoms with E-state index in [4.69, 9.17) is 36.3 Å². The lowest BCUT2D eigenvalue weighted by molar-refractivity contribution is -0.158. The molecule has 3 aliphatic rings. The summed E-state index contributed by atoms with van der Waals surface area (Å²) in [6.45, 7) is 7.28. The number of rotatable bonds is 5. The van der Waals surface area contributed by atoms with Crippen LogP contribution in [-0.2, 0) is 30.2 Å². The van der Waals surface area contributed by atoms with E-state index in [0.717, 1.165) is 16.5 Å². The van der Waals surface area contributed by atoms with Crippen LogP contribution in [0.25, 0.3) is 10.9 Å². The number of nitrogens with one attached hydrogen (secondary N) is 1. The highest BCUT2D eigenvalue weighted by molar-refractivity contribution is 6.35. The number of methoxy groups -OCH3 is 1. The molecule has 0 radical (unpaired) electrons. The Balaban J connectivity index is 1.30. The summed E-state index contributed by atoms with van der Waals surface area (Å²) in [5.74, 6) is -1.07. The molecule has 13 nitrogen and oxygen atoms in total. The SMILES string of the molecule is COc1cc2cc(c1Cl)N(C)C(=O)C[C@H](OC(=O)[C@H](C)N(C)C(=O)c1ccc3nc(N)ccc3c1)[C@]1(C)O[C@H]1[C@H](C)[C@@H]1CC(C/C=C/C=C(\C)C2)NC(=O)O1. The summed E-state index contributed by atoms with van der Waals surface area (Å²) in [7, 11) is 4.63. The number of aromatic nitrogens is 1. The smallest absolute Gasteiger partial charge is 0.407 e. The maximum atomic E-state index is 14.2. The predicted molar refractivity (Wildman–Crippen MR) is 209 cm³/mol. The van der Waals surface area contributed by atoms with Crippen molar-refractivity contribution in [1.82, 2.24) is 15.2 Å². The second-order valence-corrected chi connectivity index (χ2v) is 15.3. The number of nitrogen functional groups attached to an aromatic ring is 1. The summed E-state index contributed by atoms with van der Waals surface area (Å²) in [4.78, 5) is 61.5. The minimum Gasteiger partial charge on any atom is -0.495 e. The molecule has 3 aromatic rings. The lowest BCUT2D eigenvalue weighted by atomic mass is 9.85. The van der Waals surface area contributed by atoms with Crippen LogP contribution < -0.4 is 20.7 Å². The van der Waals surface area contributed by atoms with Crippen LogP contribution in [0.5, 0.6) is 5.75 Å². The van der Waals surface area contributed by atoms with Gasteiger partial charge in [-0.05, 0) is 81.6 Å². The number of hydrogen-bond donors (Lipinski definition) is 2. The first kappa shape index (κ1) is 39.6. The van der Waals surface area contributed by atoms with Gasteiger partial charge in [-0.25, -0.2) is 14.6 Å². The largest absolute Gasteiger partial charge is 0.495 e. The van der Waals surface area contributed by atoms with Crippen molar-refractivity contribution in [2.75, 3.05) is 31.8 Å². The van der Waals surface area contributed by atoms with Crippen molar-refractivity contribution in [2.24, 2.45) is 5.92 Å². The van der Waals surface area contributed by atoms with Gasteiger partial charge in [0, 0.05) is 43.4 Å². The third kappa shape index (κ3) is 8.42. The number of carbonyl (C=O) groups excluding carboxylic acids is 4. The van der Waals surface area contributed by atoms with Gasteiger partial charge in [0.05, 0.1) is 30.8 Å². The van der Waals surface area contributed by atoms with Crippen LogP contribution in [0.3, 0.4) is 0 Å². The Morgan fingerprint density at radius 2 is 1.95 bits per heavy atom. The first-order valence-corrected chi connectivity index (χ1v) is 18.7. The molecule has 3 N–H and O–H groups in total. The molecule has 0 aliphatic carbocycles. The second-order valence-electron chi connectivity index (χ2n) is 14.9. The fraction of sp³-hybridized carbons (Fsp3) is 0.439. The number of hydrogen-bond acceptors (Lipinski definition) is 10. The number of benzene rings is 2. The fourth-order valence-corrected chi connectivity index (χ4v) is 7.67. The van der Waals surface area contributed by atoms with Gasteiger partial charge < -0.3 is 39.8 Å². The number of ether oxygens (including phenoxy) is 4. The molecule has 6 rings (SSSR count). The minimum absolute atomic E-state index is 0.163. The van der Waals surface area contributed by atoms with Gasteiger partial charge in [0.25, 0.3) is 5.91 Å². The number of amides is 3. The number of likely N-dealkylation sites (N-methyl/N-ethyl adjacent to an activating group) is 1. The van der Waals surface area contributed by atoms with E-state index in [1.165, 1.54) is 24.0 Å². The van der Waals surface area contributed by atoms with Crippen LogP contribution in [0.4, 0.5) is 16.3 Å². The zero-order valence-corrected chi connectivity index (χ0v) is 32.9. The number of nitrogens with zero attached hydrogens (tertiary/aromatic N) is 3. The molecule has 292 valence electrons. The third-order valence-electron chi connectivity index (χ3n) is 11.0. The van der Waals surface area contributed by atoms with E-state index in [1.54, 1.807) is 51.2 Å². The molecular weight excluding hydrogens is 726 g/mol. The summed E-state index contributed by atoms with van der Waals surface area (Å²) in [6.07, 6.45) is 4.80. The number of carbonyl (C=O) groups is 4. The molecule has 3 aliphatic heterocycles. The maximum Gasteiger partial charge on any atom is 0.407 e. The summed E-state index contributed by atoms with van der Waals surface area (Å²) < 4.78 is 23.8. The maximum absolute atomic E-state index is 14.2. The first-order valence-electron chi connectivity index (χ1n) is 18.3. The topological polar surface area (TPSA) is 166 Å². The van der Waals surface area contributed by atoms with E-state index in [1.807, 2.05) is 44.2 Å². The first-order chi connectivity index (χ1) is 26.1. The van der Waals surface area contributed by atoms with Crippen LogP contribution in [0.1, 0.15) is 62.9 Å². The van der Waals surface area contributed by atoms with Gasteiger partial charge in [-0.15, -0.1) is 0 Å². The zero-order valence-electron chi connectivity index (χ0n) is 32.1. The number of pyridine rings is 1. The molecular formula is C41H48ClN5O8. The van der Waals surface area contributed by atoms with E-state index in [2.05, 4.69) is 10.3 Å². The van der Waals surface area contributed by atoms with E-state index in [9.17, 15) is 19.2 Å². The number of epoxide rings is 1. The van der Waals surface area contributed by atoms with Crippen molar-refractivity contribution in [2.45, 2.75) is 89.4 Å². The average molecular weight is 774 g/mol. The molecule has 3 amide bonds. The molecule has 4 bridgehead atoms. The minimum atomic E-state index is -1.12. The van der Waals surface area contributed by atoms with E-state index < -0.39 is 53.8 Å². The van der Waals surface area contributed by atoms with Crippen molar-refractivity contribution in [3.05, 3.63) is 82.4 Å². The van der Waals surface area contributed by atoms with Gasteiger partial charge >= 0.3 is 12.1 Å². The lowest BCUT2D eigenvalue weighted by Crippen LogP contribution is -2.49. The summed E-state index contributed by atoms with van der Waals surface area (Å²) in [5, 5.41) is 3.88. The van der Waals surface area contributed by atoms with Crippen LogP contribution in [0.2, 0.25) is 5.02 Å². The number of esters is 1. The van der Waals surface area contributed by atoms with E-state index >= 15 is 0 Å². The Kier molecular flexibility index (Phi) is 11.4. The molecule has 1 unspecified atom stereocenters. The standard InChI is InChI=1S/C41H48ClN5O8/c1-22-10-8-9-11-28-20-31(53-40(51)44-28)23(2)37-41(4,55-37)33(21-35(48)47(6)30-17-25(16-22)18-32(52-7)36(30)42)54-39(50)24(3)46(5)38(49)27-12-14-29-26(19-27)13-15-34(43)45-29/h8-10,12-15,17-19,23-24,28,31,33,37H,11,16,20-21H2,1-7H3,(H2,43,45)(H,44,51)/b9-8+,22-10+/t23-,24+,28?,31+,33+,37+,41+/m1/s1. The van der Waals surface area contributed by atoms with Crippen molar-refractivity contribution in [3.8, 4) is 5.75 Å². The average Bonchev–Trinajstić information content (AvgIpc) is 3.86. The Morgan fingerprint density at radius 1 is 1.18 bits per heavy atom. The highest BCUT2D eigenvalue weighted by Crippen LogP contribution is 2.49. The molecule has 2 saturated heterocycles. The predicted octanol–water partition coefficient (Wildman–Crippen LogP) is 6.01. The highest BCUT2D eigenvalue weighted by atomic mass is 35.5. The molecule has 14 heteroatoms. The van der Waals surface area contributed by atoms with Gasteiger partial charge in [-0.1, -0.05) is 42.3 Å². The van der Waals surface area contributed by atoms with Crippen LogP contribution in [-0.4, -0.2) is 91.0 Å². The van der Waals surface area contributed by atoms with Crippen molar-refractivity contribution >= 4 is 57.9 Å². The molecule has 7 atom stereocenters. The van der Waals surface area contributed by atoms with Crippen LogP contribution in [0.15, 0.2) is 66.3 Å².